The molecule has 92 valence electrons. The Morgan fingerprint density at radius 2 is 2.29 bits per heavy atom. The molecule has 0 radical (unpaired) electrons. The van der Waals surface area contributed by atoms with E-state index in [-0.39, 0.29) is 18.4 Å². The topological polar surface area (TPSA) is 49.8 Å². The van der Waals surface area contributed by atoms with Crippen molar-refractivity contribution in [3.8, 4) is 5.75 Å². The Labute approximate surface area is 101 Å². The van der Waals surface area contributed by atoms with Crippen LogP contribution < -0.4 is 4.74 Å². The van der Waals surface area contributed by atoms with Gasteiger partial charge in [-0.2, -0.15) is 0 Å². The Balaban J connectivity index is 2.18. The lowest BCUT2D eigenvalue weighted by Crippen LogP contribution is -2.29. The summed E-state index contributed by atoms with van der Waals surface area (Å²) in [6, 6.07) is 7.63. The van der Waals surface area contributed by atoms with Crippen LogP contribution >= 0.6 is 0 Å². The number of nitrogens with zero attached hydrogens (tertiary/aromatic N) is 1. The van der Waals surface area contributed by atoms with Crippen molar-refractivity contribution in [2.75, 3.05) is 13.7 Å². The molecule has 1 aliphatic rings. The number of carbonyl (C=O) groups is 1. The third-order valence-corrected chi connectivity index (χ3v) is 3.18. The lowest BCUT2D eigenvalue weighted by atomic mass is 10.1. The molecule has 1 heterocycles. The van der Waals surface area contributed by atoms with Gasteiger partial charge in [0.15, 0.2) is 0 Å². The van der Waals surface area contributed by atoms with Crippen LogP contribution in [0.4, 0.5) is 0 Å². The molecule has 0 saturated carbocycles. The number of carbonyl (C=O) groups excluding carboxylic acids is 1. The minimum atomic E-state index is -0.532. The molecule has 0 aromatic heterocycles. The summed E-state index contributed by atoms with van der Waals surface area (Å²) in [6.45, 7) is 2.38. The van der Waals surface area contributed by atoms with Crippen molar-refractivity contribution >= 4 is 5.91 Å². The number of aliphatic hydroxyl groups is 1. The zero-order chi connectivity index (χ0) is 12.4. The Bertz CT molecular complexity index is 419. The number of rotatable bonds is 3. The number of benzene rings is 1. The summed E-state index contributed by atoms with van der Waals surface area (Å²) in [7, 11) is 1.62. The molecule has 1 aromatic rings. The summed E-state index contributed by atoms with van der Waals surface area (Å²) in [6.07, 6.45) is -0.301. The first-order valence-electron chi connectivity index (χ1n) is 5.73. The minimum Gasteiger partial charge on any atom is -0.497 e. The van der Waals surface area contributed by atoms with Gasteiger partial charge in [0.2, 0.25) is 5.91 Å². The Morgan fingerprint density at radius 1 is 1.53 bits per heavy atom. The molecule has 4 nitrogen and oxygen atoms in total. The van der Waals surface area contributed by atoms with E-state index in [0.717, 1.165) is 11.3 Å². The van der Waals surface area contributed by atoms with Gasteiger partial charge in [-0.1, -0.05) is 12.1 Å². The fraction of sp³-hybridized carbons (Fsp3) is 0.462. The van der Waals surface area contributed by atoms with Crippen molar-refractivity contribution in [1.82, 2.24) is 4.90 Å². The number of likely N-dealkylation sites (tertiary alicyclic amines) is 1. The fourth-order valence-corrected chi connectivity index (χ4v) is 2.17. The summed E-state index contributed by atoms with van der Waals surface area (Å²) in [4.78, 5) is 13.4. The van der Waals surface area contributed by atoms with Crippen molar-refractivity contribution < 1.29 is 14.6 Å². The van der Waals surface area contributed by atoms with E-state index in [1.165, 1.54) is 0 Å². The molecule has 1 saturated heterocycles. The van der Waals surface area contributed by atoms with Gasteiger partial charge in [-0.15, -0.1) is 0 Å². The largest absolute Gasteiger partial charge is 0.497 e. The van der Waals surface area contributed by atoms with Crippen LogP contribution in [0, 0.1) is 0 Å². The molecule has 4 heteroatoms. The predicted molar refractivity (Wildman–Crippen MR) is 63.7 cm³/mol. The summed E-state index contributed by atoms with van der Waals surface area (Å²) in [5, 5.41) is 9.48. The van der Waals surface area contributed by atoms with Crippen molar-refractivity contribution in [3.63, 3.8) is 0 Å². The summed E-state index contributed by atoms with van der Waals surface area (Å²) < 4.78 is 5.16. The highest BCUT2D eigenvalue weighted by molar-refractivity contribution is 5.79. The van der Waals surface area contributed by atoms with E-state index in [1.807, 2.05) is 31.2 Å². The first-order valence-corrected chi connectivity index (χ1v) is 5.73. The smallest absolute Gasteiger partial charge is 0.225 e. The molecular formula is C13H17NO3. The number of amides is 1. The highest BCUT2D eigenvalue weighted by atomic mass is 16.5. The maximum Gasteiger partial charge on any atom is 0.225 e. The molecule has 17 heavy (non-hydrogen) atoms. The lowest BCUT2D eigenvalue weighted by Gasteiger charge is -2.25. The van der Waals surface area contributed by atoms with E-state index in [9.17, 15) is 9.90 Å². The maximum atomic E-state index is 11.7. The highest BCUT2D eigenvalue weighted by Gasteiger charge is 2.31. The van der Waals surface area contributed by atoms with Gasteiger partial charge in [0.05, 0.1) is 25.7 Å². The number of ether oxygens (including phenoxy) is 1. The van der Waals surface area contributed by atoms with Gasteiger partial charge >= 0.3 is 0 Å². The second-order valence-electron chi connectivity index (χ2n) is 4.36. The summed E-state index contributed by atoms with van der Waals surface area (Å²) in [5.74, 6) is 0.786. The molecule has 0 bridgehead atoms. The Morgan fingerprint density at radius 3 is 2.88 bits per heavy atom. The van der Waals surface area contributed by atoms with Crippen molar-refractivity contribution in [1.29, 1.82) is 0 Å². The molecule has 2 unspecified atom stereocenters. The van der Waals surface area contributed by atoms with Gasteiger partial charge in [-0.05, 0) is 24.6 Å². The third-order valence-electron chi connectivity index (χ3n) is 3.18. The molecule has 1 amide bonds. The molecule has 1 fully saturated rings. The van der Waals surface area contributed by atoms with Crippen LogP contribution in [0.15, 0.2) is 24.3 Å². The highest BCUT2D eigenvalue weighted by Crippen LogP contribution is 2.27. The van der Waals surface area contributed by atoms with Gasteiger partial charge in [0, 0.05) is 6.54 Å². The standard InChI is InChI=1S/C13H17NO3/c1-9(14-8-11(15)7-13(14)16)10-4-3-5-12(6-10)17-2/h3-6,9,11,15H,7-8H2,1-2H3. The number of methoxy groups -OCH3 is 1. The van der Waals surface area contributed by atoms with Crippen LogP contribution in [0.25, 0.3) is 0 Å². The molecule has 1 aromatic carbocycles. The zero-order valence-electron chi connectivity index (χ0n) is 10.1. The SMILES string of the molecule is COc1cccc(C(C)N2CC(O)CC2=O)c1. The van der Waals surface area contributed by atoms with Crippen LogP contribution in [0.2, 0.25) is 0 Å². The van der Waals surface area contributed by atoms with E-state index in [2.05, 4.69) is 0 Å². The van der Waals surface area contributed by atoms with Crippen molar-refractivity contribution in [2.45, 2.75) is 25.5 Å². The number of hydrogen-bond acceptors (Lipinski definition) is 3. The molecule has 0 aliphatic carbocycles. The van der Waals surface area contributed by atoms with Gasteiger partial charge < -0.3 is 14.7 Å². The maximum absolute atomic E-state index is 11.7. The molecule has 1 aliphatic heterocycles. The van der Waals surface area contributed by atoms with E-state index in [0.29, 0.717) is 6.54 Å². The fourth-order valence-electron chi connectivity index (χ4n) is 2.17. The van der Waals surface area contributed by atoms with Gasteiger partial charge in [-0.25, -0.2) is 0 Å². The van der Waals surface area contributed by atoms with E-state index in [1.54, 1.807) is 12.0 Å². The van der Waals surface area contributed by atoms with E-state index >= 15 is 0 Å². The Kier molecular flexibility index (Phi) is 3.33. The predicted octanol–water partition coefficient (Wildman–Crippen LogP) is 1.35. The molecule has 2 atom stereocenters. The van der Waals surface area contributed by atoms with Gasteiger partial charge in [0.25, 0.3) is 0 Å². The van der Waals surface area contributed by atoms with Crippen LogP contribution in [-0.2, 0) is 4.79 Å². The first kappa shape index (κ1) is 11.9. The van der Waals surface area contributed by atoms with Crippen LogP contribution in [0.5, 0.6) is 5.75 Å². The second kappa shape index (κ2) is 4.75. The van der Waals surface area contributed by atoms with Crippen LogP contribution in [0.3, 0.4) is 0 Å². The third kappa shape index (κ3) is 2.42. The van der Waals surface area contributed by atoms with E-state index in [4.69, 9.17) is 4.74 Å². The second-order valence-corrected chi connectivity index (χ2v) is 4.36. The quantitative estimate of drug-likeness (QED) is 0.860. The van der Waals surface area contributed by atoms with Crippen LogP contribution in [0.1, 0.15) is 24.9 Å². The summed E-state index contributed by atoms with van der Waals surface area (Å²) >= 11 is 0. The molecule has 2 rings (SSSR count). The zero-order valence-corrected chi connectivity index (χ0v) is 10.1. The lowest BCUT2D eigenvalue weighted by molar-refractivity contribution is -0.129. The van der Waals surface area contributed by atoms with Gasteiger partial charge in [0.1, 0.15) is 5.75 Å². The number of hydrogen-bond donors (Lipinski definition) is 1. The molecule has 1 N–H and O–H groups in total. The number of aliphatic hydroxyl groups excluding tert-OH is 1. The average Bonchev–Trinajstić information content (AvgIpc) is 2.67. The van der Waals surface area contributed by atoms with Crippen molar-refractivity contribution in [3.05, 3.63) is 29.8 Å². The normalized spacial score (nSPS) is 21.7. The molecule has 0 spiro atoms. The monoisotopic (exact) mass is 235 g/mol. The van der Waals surface area contributed by atoms with E-state index < -0.39 is 6.10 Å². The summed E-state index contributed by atoms with van der Waals surface area (Å²) in [5.41, 5.74) is 1.02. The minimum absolute atomic E-state index is 0.00724. The van der Waals surface area contributed by atoms with Crippen molar-refractivity contribution in [2.24, 2.45) is 0 Å². The first-order chi connectivity index (χ1) is 8.11. The Hall–Kier alpha value is -1.55. The van der Waals surface area contributed by atoms with Gasteiger partial charge in [-0.3, -0.25) is 4.79 Å². The average molecular weight is 235 g/mol. The number of β-amino-alcohol motifs (C(OH)–C–C–N with tert-alkyl or cyclic N) is 1. The van der Waals surface area contributed by atoms with Crippen LogP contribution in [-0.4, -0.2) is 35.7 Å². The molecular weight excluding hydrogens is 218 g/mol.